The number of benzene rings is 2. The van der Waals surface area contributed by atoms with E-state index in [2.05, 4.69) is 10.3 Å². The Balaban J connectivity index is 2.04. The number of amides is 1. The largest absolute Gasteiger partial charge is 0.494 e. The average Bonchev–Trinajstić information content (AvgIpc) is 3.26. The summed E-state index contributed by atoms with van der Waals surface area (Å²) in [5.74, 6) is -1.26. The first-order valence-corrected chi connectivity index (χ1v) is 9.78. The predicted octanol–water partition coefficient (Wildman–Crippen LogP) is 3.69. The van der Waals surface area contributed by atoms with Gasteiger partial charge in [-0.3, -0.25) is 14.2 Å². The number of Topliss-reactive ketones (excluding diaryl/α,β-unsaturated/α-hetero) is 1. The summed E-state index contributed by atoms with van der Waals surface area (Å²) in [6.07, 6.45) is 0. The van der Waals surface area contributed by atoms with E-state index in [4.69, 9.17) is 27.9 Å². The van der Waals surface area contributed by atoms with Gasteiger partial charge in [-0.1, -0.05) is 23.2 Å². The maximum absolute atomic E-state index is 13.6. The minimum absolute atomic E-state index is 0.165. The third kappa shape index (κ3) is 2.19. The predicted molar refractivity (Wildman–Crippen MR) is 114 cm³/mol. The Bertz CT molecular complexity index is 1400. The lowest BCUT2D eigenvalue weighted by Gasteiger charge is -2.32. The number of aromatic amines is 1. The van der Waals surface area contributed by atoms with Crippen LogP contribution >= 0.6 is 23.2 Å². The highest BCUT2D eigenvalue weighted by atomic mass is 35.5. The minimum atomic E-state index is -2.53. The number of nitrogens with zero attached hydrogens (tertiary/aromatic N) is 1. The summed E-state index contributed by atoms with van der Waals surface area (Å²) in [5.41, 5.74) is -0.517. The molecule has 3 N–H and O–H groups in total. The molecule has 0 saturated heterocycles. The number of aromatic nitrogens is 2. The third-order valence-electron chi connectivity index (χ3n) is 5.50. The summed E-state index contributed by atoms with van der Waals surface area (Å²) in [6.45, 7) is 0. The Hall–Kier alpha value is -3.00. The average molecular weight is 444 g/mol. The Kier molecular flexibility index (Phi) is 3.96. The molecule has 3 heterocycles. The maximum atomic E-state index is 13.6. The van der Waals surface area contributed by atoms with Gasteiger partial charge in [0.05, 0.1) is 23.9 Å². The highest BCUT2D eigenvalue weighted by Crippen LogP contribution is 2.50. The molecule has 1 aliphatic heterocycles. The maximum Gasteiger partial charge on any atom is 0.289 e. The highest BCUT2D eigenvalue weighted by Gasteiger charge is 2.54. The number of rotatable bonds is 2. The van der Waals surface area contributed by atoms with Crippen molar-refractivity contribution in [1.82, 2.24) is 14.9 Å². The standard InChI is InChI=1S/C21H15Cl2N3O4/c1-24-20(28)21(29)19(27)15-11-7-9(22)3-5-13(11)25-16(15)17-18(30-2)12-8-10(23)4-6-14(12)26(17)21/h3-8,25,29H,1-2H3,(H,24,28). The number of carbonyl (C=O) groups excluding carboxylic acids is 2. The Morgan fingerprint density at radius 1 is 1.17 bits per heavy atom. The molecule has 9 heteroatoms. The van der Waals surface area contributed by atoms with Crippen LogP contribution in [0.3, 0.4) is 0 Å². The van der Waals surface area contributed by atoms with Gasteiger partial charge in [0.2, 0.25) is 5.78 Å². The van der Waals surface area contributed by atoms with Crippen molar-refractivity contribution in [3.63, 3.8) is 0 Å². The number of H-pyrrole nitrogens is 1. The molecule has 2 aromatic heterocycles. The summed E-state index contributed by atoms with van der Waals surface area (Å²) in [6, 6.07) is 9.96. The molecule has 152 valence electrons. The van der Waals surface area contributed by atoms with Crippen molar-refractivity contribution in [2.24, 2.45) is 0 Å². The lowest BCUT2D eigenvalue weighted by molar-refractivity contribution is -0.142. The van der Waals surface area contributed by atoms with Crippen LogP contribution in [0.15, 0.2) is 36.4 Å². The van der Waals surface area contributed by atoms with Gasteiger partial charge in [-0.25, -0.2) is 0 Å². The van der Waals surface area contributed by atoms with Gasteiger partial charge < -0.3 is 20.1 Å². The molecular weight excluding hydrogens is 429 g/mol. The zero-order chi connectivity index (χ0) is 21.4. The fraction of sp³-hybridized carbons (Fsp3) is 0.143. The molecule has 1 aliphatic rings. The van der Waals surface area contributed by atoms with Crippen molar-refractivity contribution in [2.45, 2.75) is 5.72 Å². The summed E-state index contributed by atoms with van der Waals surface area (Å²) < 4.78 is 6.95. The number of aliphatic hydroxyl groups is 1. The molecule has 0 radical (unpaired) electrons. The van der Waals surface area contributed by atoms with Crippen LogP contribution in [0.1, 0.15) is 10.4 Å². The van der Waals surface area contributed by atoms with E-state index in [1.165, 1.54) is 18.7 Å². The van der Waals surface area contributed by atoms with Crippen molar-refractivity contribution < 1.29 is 19.4 Å². The molecule has 0 spiro atoms. The van der Waals surface area contributed by atoms with Crippen LogP contribution in [-0.4, -0.2) is 40.5 Å². The number of methoxy groups -OCH3 is 1. The molecule has 0 saturated carbocycles. The molecule has 7 nitrogen and oxygen atoms in total. The number of ketones is 1. The quantitative estimate of drug-likeness (QED) is 0.411. The minimum Gasteiger partial charge on any atom is -0.494 e. The van der Waals surface area contributed by atoms with Crippen LogP contribution in [0.25, 0.3) is 33.2 Å². The van der Waals surface area contributed by atoms with E-state index in [1.807, 2.05) is 0 Å². The molecule has 5 rings (SSSR count). The normalized spacial score (nSPS) is 17.8. The van der Waals surface area contributed by atoms with Gasteiger partial charge in [-0.15, -0.1) is 0 Å². The van der Waals surface area contributed by atoms with Gasteiger partial charge >= 0.3 is 0 Å². The second-order valence-corrected chi connectivity index (χ2v) is 7.90. The van der Waals surface area contributed by atoms with E-state index in [1.54, 1.807) is 36.4 Å². The molecular formula is C21H15Cl2N3O4. The molecule has 2 aromatic carbocycles. The van der Waals surface area contributed by atoms with Crippen LogP contribution in [0, 0.1) is 0 Å². The second kappa shape index (κ2) is 6.25. The van der Waals surface area contributed by atoms with Crippen LogP contribution in [0.2, 0.25) is 10.0 Å². The summed E-state index contributed by atoms with van der Waals surface area (Å²) in [7, 11) is 2.83. The van der Waals surface area contributed by atoms with Crippen LogP contribution < -0.4 is 10.1 Å². The van der Waals surface area contributed by atoms with E-state index in [9.17, 15) is 14.7 Å². The Morgan fingerprint density at radius 2 is 1.83 bits per heavy atom. The van der Waals surface area contributed by atoms with E-state index >= 15 is 0 Å². The van der Waals surface area contributed by atoms with E-state index in [0.29, 0.717) is 49.0 Å². The van der Waals surface area contributed by atoms with Crippen molar-refractivity contribution >= 4 is 56.7 Å². The fourth-order valence-electron chi connectivity index (χ4n) is 4.24. The van der Waals surface area contributed by atoms with E-state index in [0.717, 1.165) is 0 Å². The first-order valence-electron chi connectivity index (χ1n) is 9.02. The van der Waals surface area contributed by atoms with Gasteiger partial charge in [0.15, 0.2) is 5.75 Å². The lowest BCUT2D eigenvalue weighted by atomic mass is 9.91. The van der Waals surface area contributed by atoms with Gasteiger partial charge in [0.1, 0.15) is 5.69 Å². The van der Waals surface area contributed by atoms with Crippen LogP contribution in [-0.2, 0) is 10.5 Å². The number of hydrogen-bond donors (Lipinski definition) is 3. The molecule has 1 amide bonds. The first-order chi connectivity index (χ1) is 14.3. The first kappa shape index (κ1) is 19.0. The molecule has 30 heavy (non-hydrogen) atoms. The van der Waals surface area contributed by atoms with Crippen molar-refractivity contribution in [1.29, 1.82) is 0 Å². The number of nitrogens with one attached hydrogen (secondary N) is 2. The Morgan fingerprint density at radius 3 is 2.50 bits per heavy atom. The summed E-state index contributed by atoms with van der Waals surface area (Å²) >= 11 is 12.3. The molecule has 1 unspecified atom stereocenters. The summed E-state index contributed by atoms with van der Waals surface area (Å²) in [4.78, 5) is 29.8. The highest BCUT2D eigenvalue weighted by molar-refractivity contribution is 6.33. The van der Waals surface area contributed by atoms with Crippen molar-refractivity contribution in [3.05, 3.63) is 52.0 Å². The number of carbonyl (C=O) groups is 2. The third-order valence-corrected chi connectivity index (χ3v) is 5.97. The fourth-order valence-corrected chi connectivity index (χ4v) is 4.58. The monoisotopic (exact) mass is 443 g/mol. The van der Waals surface area contributed by atoms with Crippen LogP contribution in [0.5, 0.6) is 5.75 Å². The smallest absolute Gasteiger partial charge is 0.289 e. The molecule has 1 atom stereocenters. The number of halogens is 2. The number of hydrogen-bond acceptors (Lipinski definition) is 4. The molecule has 0 aliphatic carbocycles. The second-order valence-electron chi connectivity index (χ2n) is 7.02. The number of fused-ring (bicyclic) bond motifs is 7. The number of ether oxygens (including phenoxy) is 1. The molecule has 0 fully saturated rings. The Labute approximate surface area is 180 Å². The van der Waals surface area contributed by atoms with Crippen molar-refractivity contribution in [2.75, 3.05) is 14.2 Å². The van der Waals surface area contributed by atoms with Crippen molar-refractivity contribution in [3.8, 4) is 17.1 Å². The van der Waals surface area contributed by atoms with Gasteiger partial charge in [-0.2, -0.15) is 0 Å². The van der Waals surface area contributed by atoms with Crippen LogP contribution in [0.4, 0.5) is 0 Å². The molecule has 0 bridgehead atoms. The SMILES string of the molecule is CNC(=O)C1(O)C(=O)c2c([nH]c3ccc(Cl)cc23)-c2c(OC)c3cc(Cl)ccc3n21. The lowest BCUT2D eigenvalue weighted by Crippen LogP contribution is -2.55. The van der Waals surface area contributed by atoms with Gasteiger partial charge in [0.25, 0.3) is 11.6 Å². The zero-order valence-corrected chi connectivity index (χ0v) is 17.4. The van der Waals surface area contributed by atoms with E-state index < -0.39 is 17.4 Å². The van der Waals surface area contributed by atoms with Gasteiger partial charge in [0, 0.05) is 33.4 Å². The zero-order valence-electron chi connectivity index (χ0n) is 15.8. The van der Waals surface area contributed by atoms with E-state index in [-0.39, 0.29) is 5.56 Å². The van der Waals surface area contributed by atoms with Gasteiger partial charge in [-0.05, 0) is 36.4 Å². The topological polar surface area (TPSA) is 96.3 Å². The number of likely N-dealkylation sites (N-methyl/N-ethyl adjacent to an activating group) is 1. The molecule has 4 aromatic rings. The summed E-state index contributed by atoms with van der Waals surface area (Å²) in [5, 5.41) is 15.9.